The SMILES string of the molecule is CCCCCCCCNC(=O)N1CCC(Nc2ccc(CCNC[C@@H](O)c3ccc(O)c(NS(C)(=O)=O)c3)cc2)CC1. The maximum atomic E-state index is 12.5. The highest BCUT2D eigenvalue weighted by molar-refractivity contribution is 7.92. The number of benzene rings is 2. The van der Waals surface area contributed by atoms with Crippen LogP contribution in [0.4, 0.5) is 16.2 Å². The molecule has 1 atom stereocenters. The van der Waals surface area contributed by atoms with Gasteiger partial charge in [-0.2, -0.15) is 0 Å². The van der Waals surface area contributed by atoms with Gasteiger partial charge in [-0.25, -0.2) is 13.2 Å². The van der Waals surface area contributed by atoms with E-state index in [2.05, 4.69) is 51.9 Å². The minimum absolute atomic E-state index is 0.0394. The molecule has 6 N–H and O–H groups in total. The molecular weight excluding hydrogens is 554 g/mol. The second-order valence-electron chi connectivity index (χ2n) is 11.2. The highest BCUT2D eigenvalue weighted by Gasteiger charge is 2.22. The van der Waals surface area contributed by atoms with Gasteiger partial charge in [-0.05, 0) is 67.6 Å². The van der Waals surface area contributed by atoms with Gasteiger partial charge in [0, 0.05) is 37.9 Å². The summed E-state index contributed by atoms with van der Waals surface area (Å²) in [4.78, 5) is 14.4. The van der Waals surface area contributed by atoms with Crippen LogP contribution in [0.3, 0.4) is 0 Å². The molecule has 2 aromatic carbocycles. The molecule has 0 aromatic heterocycles. The van der Waals surface area contributed by atoms with Crippen LogP contribution in [0.2, 0.25) is 0 Å². The molecule has 0 bridgehead atoms. The third-order valence-corrected chi connectivity index (χ3v) is 8.13. The van der Waals surface area contributed by atoms with Crippen molar-refractivity contribution in [1.29, 1.82) is 0 Å². The van der Waals surface area contributed by atoms with Gasteiger partial charge in [0.25, 0.3) is 0 Å². The number of likely N-dealkylation sites (tertiary alicyclic amines) is 1. The van der Waals surface area contributed by atoms with E-state index in [0.29, 0.717) is 24.7 Å². The highest BCUT2D eigenvalue weighted by Crippen LogP contribution is 2.27. The lowest BCUT2D eigenvalue weighted by Crippen LogP contribution is -2.47. The van der Waals surface area contributed by atoms with Gasteiger partial charge in [-0.15, -0.1) is 0 Å². The predicted octanol–water partition coefficient (Wildman–Crippen LogP) is 4.58. The van der Waals surface area contributed by atoms with E-state index in [1.165, 1.54) is 49.8 Å². The number of unbranched alkanes of at least 4 members (excludes halogenated alkanes) is 5. The number of aliphatic hydroxyl groups excluding tert-OH is 1. The fraction of sp³-hybridized carbons (Fsp3) is 0.581. The van der Waals surface area contributed by atoms with Crippen molar-refractivity contribution in [2.45, 2.75) is 76.9 Å². The van der Waals surface area contributed by atoms with E-state index >= 15 is 0 Å². The second-order valence-corrected chi connectivity index (χ2v) is 13.0. The molecule has 234 valence electrons. The van der Waals surface area contributed by atoms with Crippen molar-refractivity contribution in [3.05, 3.63) is 53.6 Å². The van der Waals surface area contributed by atoms with Crippen LogP contribution < -0.4 is 20.7 Å². The summed E-state index contributed by atoms with van der Waals surface area (Å²) >= 11 is 0. The average molecular weight is 604 g/mol. The van der Waals surface area contributed by atoms with E-state index in [1.54, 1.807) is 6.07 Å². The molecule has 1 aliphatic heterocycles. The molecule has 1 aliphatic rings. The van der Waals surface area contributed by atoms with E-state index in [1.807, 2.05) is 4.90 Å². The first-order valence-corrected chi connectivity index (χ1v) is 17.1. The fourth-order valence-electron chi connectivity index (χ4n) is 5.07. The molecule has 1 heterocycles. The Morgan fingerprint density at radius 1 is 1.00 bits per heavy atom. The number of sulfonamides is 1. The number of amides is 2. The summed E-state index contributed by atoms with van der Waals surface area (Å²) in [6.45, 7) is 5.45. The monoisotopic (exact) mass is 603 g/mol. The lowest BCUT2D eigenvalue weighted by Gasteiger charge is -2.33. The Balaban J connectivity index is 1.31. The second kappa shape index (κ2) is 17.2. The number of carbonyl (C=O) groups excluding carboxylic acids is 1. The van der Waals surface area contributed by atoms with Crippen LogP contribution in [-0.4, -0.2) is 74.6 Å². The Bertz CT molecular complexity index is 1200. The number of aromatic hydroxyl groups is 1. The van der Waals surface area contributed by atoms with Crippen molar-refractivity contribution in [3.63, 3.8) is 0 Å². The Labute approximate surface area is 251 Å². The van der Waals surface area contributed by atoms with Crippen molar-refractivity contribution >= 4 is 27.4 Å². The zero-order valence-electron chi connectivity index (χ0n) is 25.1. The number of anilines is 2. The number of rotatable bonds is 17. The van der Waals surface area contributed by atoms with Gasteiger partial charge in [0.2, 0.25) is 10.0 Å². The van der Waals surface area contributed by atoms with Crippen molar-refractivity contribution in [2.24, 2.45) is 0 Å². The first-order chi connectivity index (χ1) is 20.1. The fourth-order valence-corrected chi connectivity index (χ4v) is 5.64. The van der Waals surface area contributed by atoms with Gasteiger partial charge in [0.05, 0.1) is 18.0 Å². The molecule has 0 saturated carbocycles. The maximum Gasteiger partial charge on any atom is 0.317 e. The third kappa shape index (κ3) is 12.1. The summed E-state index contributed by atoms with van der Waals surface area (Å²) in [5.74, 6) is -0.200. The lowest BCUT2D eigenvalue weighted by atomic mass is 10.0. The van der Waals surface area contributed by atoms with Crippen LogP contribution in [0.15, 0.2) is 42.5 Å². The van der Waals surface area contributed by atoms with Gasteiger partial charge >= 0.3 is 6.03 Å². The van der Waals surface area contributed by atoms with Crippen molar-refractivity contribution < 1.29 is 23.4 Å². The normalized spacial score (nSPS) is 14.9. The van der Waals surface area contributed by atoms with Crippen LogP contribution in [0.1, 0.15) is 75.5 Å². The number of hydrogen-bond donors (Lipinski definition) is 6. The smallest absolute Gasteiger partial charge is 0.317 e. The molecule has 0 aliphatic carbocycles. The number of nitrogens with one attached hydrogen (secondary N) is 4. The quantitative estimate of drug-likeness (QED) is 0.115. The minimum Gasteiger partial charge on any atom is -0.506 e. The van der Waals surface area contributed by atoms with E-state index < -0.39 is 16.1 Å². The molecule has 0 spiro atoms. The van der Waals surface area contributed by atoms with E-state index in [0.717, 1.165) is 57.3 Å². The van der Waals surface area contributed by atoms with Crippen molar-refractivity contribution in [2.75, 3.05) is 49.0 Å². The van der Waals surface area contributed by atoms with Gasteiger partial charge < -0.3 is 31.1 Å². The molecular formula is C31H49N5O5S. The Morgan fingerprint density at radius 3 is 2.38 bits per heavy atom. The van der Waals surface area contributed by atoms with Gasteiger partial charge in [-0.1, -0.05) is 57.2 Å². The number of phenolic OH excluding ortho intramolecular Hbond substituents is 1. The molecule has 0 radical (unpaired) electrons. The molecule has 1 saturated heterocycles. The number of hydrogen-bond acceptors (Lipinski definition) is 7. The molecule has 42 heavy (non-hydrogen) atoms. The Hall–Kier alpha value is -3.02. The van der Waals surface area contributed by atoms with Gasteiger partial charge in [0.15, 0.2) is 0 Å². The van der Waals surface area contributed by atoms with Crippen molar-refractivity contribution in [1.82, 2.24) is 15.5 Å². The standard InChI is InChI=1S/C31H49N5O5S/c1-3-4-5-6-7-8-18-33-31(39)36-20-16-27(17-21-36)34-26-12-9-24(10-13-26)15-19-32-23-30(38)25-11-14-29(37)28(22-25)35-42(2,40)41/h9-14,22,27,30,32,34-35,37-38H,3-8,15-21,23H2,1-2H3,(H,33,39)/t30-/m1/s1. The van der Waals surface area contributed by atoms with Crippen LogP contribution in [0.25, 0.3) is 0 Å². The number of carbonyl (C=O) groups is 1. The van der Waals surface area contributed by atoms with Crippen LogP contribution >= 0.6 is 0 Å². The van der Waals surface area contributed by atoms with E-state index in [-0.39, 0.29) is 17.5 Å². The van der Waals surface area contributed by atoms with Crippen LogP contribution in [0.5, 0.6) is 5.75 Å². The Morgan fingerprint density at radius 2 is 1.69 bits per heavy atom. The molecule has 2 amide bonds. The maximum absolute atomic E-state index is 12.5. The van der Waals surface area contributed by atoms with E-state index in [4.69, 9.17) is 0 Å². The molecule has 11 heteroatoms. The number of piperidine rings is 1. The average Bonchev–Trinajstić information content (AvgIpc) is 2.96. The lowest BCUT2D eigenvalue weighted by molar-refractivity contribution is 0.175. The summed E-state index contributed by atoms with van der Waals surface area (Å²) in [7, 11) is -3.55. The predicted molar refractivity (Wildman–Crippen MR) is 170 cm³/mol. The van der Waals surface area contributed by atoms with Crippen LogP contribution in [-0.2, 0) is 16.4 Å². The Kier molecular flexibility index (Phi) is 13.7. The summed E-state index contributed by atoms with van der Waals surface area (Å²) in [6, 6.07) is 13.1. The van der Waals surface area contributed by atoms with E-state index in [9.17, 15) is 23.4 Å². The molecule has 10 nitrogen and oxygen atoms in total. The summed E-state index contributed by atoms with van der Waals surface area (Å²) < 4.78 is 25.2. The van der Waals surface area contributed by atoms with Crippen molar-refractivity contribution in [3.8, 4) is 5.75 Å². The van der Waals surface area contributed by atoms with Gasteiger partial charge in [0.1, 0.15) is 5.75 Å². The molecule has 0 unspecified atom stereocenters. The minimum atomic E-state index is -3.55. The number of nitrogens with zero attached hydrogens (tertiary/aromatic N) is 1. The highest BCUT2D eigenvalue weighted by atomic mass is 32.2. The zero-order valence-corrected chi connectivity index (χ0v) is 25.9. The first kappa shape index (κ1) is 33.5. The topological polar surface area (TPSA) is 143 Å². The first-order valence-electron chi connectivity index (χ1n) is 15.2. The number of urea groups is 1. The zero-order chi connectivity index (χ0) is 30.4. The molecule has 1 fully saturated rings. The molecule has 2 aromatic rings. The summed E-state index contributed by atoms with van der Waals surface area (Å²) in [5.41, 5.74) is 2.78. The van der Waals surface area contributed by atoms with Gasteiger partial charge in [-0.3, -0.25) is 4.72 Å². The number of phenols is 1. The largest absolute Gasteiger partial charge is 0.506 e. The van der Waals surface area contributed by atoms with Crippen LogP contribution in [0, 0.1) is 0 Å². The summed E-state index contributed by atoms with van der Waals surface area (Å²) in [6.07, 6.45) is 10.1. The third-order valence-electron chi connectivity index (χ3n) is 7.54. The molecule has 3 rings (SSSR count). The number of aliphatic hydroxyl groups is 1. The summed E-state index contributed by atoms with van der Waals surface area (Å²) in [5, 5.41) is 30.3.